The quantitative estimate of drug-likeness (QED) is 0.733. The summed E-state index contributed by atoms with van der Waals surface area (Å²) in [6.07, 6.45) is 5.75. The molecule has 0 aromatic heterocycles. The summed E-state index contributed by atoms with van der Waals surface area (Å²) in [6.45, 7) is -3.80. The van der Waals surface area contributed by atoms with Crippen molar-refractivity contribution >= 4 is 17.4 Å². The van der Waals surface area contributed by atoms with Gasteiger partial charge < -0.3 is 0 Å². The molecule has 0 N–H and O–H groups in total. The van der Waals surface area contributed by atoms with Crippen LogP contribution in [0.2, 0.25) is 0 Å². The molecule has 2 aromatic carbocycles. The van der Waals surface area contributed by atoms with E-state index in [-0.39, 0.29) is 0 Å². The molecular formula is C17H16ClO4P. The van der Waals surface area contributed by atoms with Gasteiger partial charge in [-0.25, -0.2) is 0 Å². The van der Waals surface area contributed by atoms with Crippen molar-refractivity contribution in [2.45, 2.75) is 0 Å². The topological polar surface area (TPSA) is 78.4 Å². The molecule has 1 aliphatic heterocycles. The molecule has 0 bridgehead atoms. The van der Waals surface area contributed by atoms with Gasteiger partial charge in [0.1, 0.15) is 0 Å². The first kappa shape index (κ1) is 16.3. The Labute approximate surface area is 137 Å². The standard InChI is InChI=1S/C17H16ClO4P/c19-18(20,21)22-23(14-8-3-9-15-23,16-10-4-1-5-11-16)17-12-6-2-7-13-17/h1-14H,15H2. The van der Waals surface area contributed by atoms with Gasteiger partial charge in [-0.3, -0.25) is 0 Å². The fraction of sp³-hybridized carbons (Fsp3) is 0.0588. The van der Waals surface area contributed by atoms with Crippen LogP contribution in [0.25, 0.3) is 0 Å². The summed E-state index contributed by atoms with van der Waals surface area (Å²) in [5.74, 6) is 1.76. The molecule has 0 amide bonds. The van der Waals surface area contributed by atoms with Crippen LogP contribution in [0, 0.1) is 10.2 Å². The van der Waals surface area contributed by atoms with Crippen molar-refractivity contribution in [3.8, 4) is 0 Å². The summed E-state index contributed by atoms with van der Waals surface area (Å²) < 4.78 is 40.3. The molecule has 6 heteroatoms. The maximum atomic E-state index is 11.6. The summed E-state index contributed by atoms with van der Waals surface area (Å²) in [5, 5.41) is 1.41. The SMILES string of the molecule is [O-][Cl+3]([O-])([O-])OP1(c2ccccc2)(c2ccccc2)C=CC=CC1. The molecule has 2 aromatic rings. The molecule has 1 aliphatic rings. The van der Waals surface area contributed by atoms with Gasteiger partial charge in [-0.15, -0.1) is 0 Å². The first-order valence-electron chi connectivity index (χ1n) is 7.05. The average Bonchev–Trinajstić information content (AvgIpc) is 2.56. The Morgan fingerprint density at radius 2 is 1.30 bits per heavy atom. The van der Waals surface area contributed by atoms with E-state index in [2.05, 4.69) is 0 Å². The molecular weight excluding hydrogens is 335 g/mol. The molecule has 0 radical (unpaired) electrons. The van der Waals surface area contributed by atoms with Crippen molar-refractivity contribution in [3.63, 3.8) is 0 Å². The molecule has 3 rings (SSSR count). The third-order valence-electron chi connectivity index (χ3n) is 4.00. The Balaban J connectivity index is 2.36. The third-order valence-corrected chi connectivity index (χ3v) is 10.5. The molecule has 120 valence electrons. The van der Waals surface area contributed by atoms with Crippen molar-refractivity contribution in [1.82, 2.24) is 0 Å². The van der Waals surface area contributed by atoms with Crippen LogP contribution >= 0.6 is 6.83 Å². The van der Waals surface area contributed by atoms with E-state index in [1.165, 1.54) is 0 Å². The molecule has 1 heterocycles. The van der Waals surface area contributed by atoms with E-state index in [9.17, 15) is 14.0 Å². The van der Waals surface area contributed by atoms with E-state index in [1.807, 2.05) is 72.8 Å². The second kappa shape index (κ2) is 5.84. The minimum absolute atomic E-state index is 0.324. The van der Waals surface area contributed by atoms with Gasteiger partial charge in [0.05, 0.1) is 0 Å². The number of rotatable bonds is 4. The summed E-state index contributed by atoms with van der Waals surface area (Å²) in [6, 6.07) is 18.2. The summed E-state index contributed by atoms with van der Waals surface area (Å²) in [4.78, 5) is 0. The van der Waals surface area contributed by atoms with E-state index in [0.717, 1.165) is 0 Å². The predicted molar refractivity (Wildman–Crippen MR) is 83.3 cm³/mol. The van der Waals surface area contributed by atoms with Crippen LogP contribution in [0.4, 0.5) is 0 Å². The van der Waals surface area contributed by atoms with Crippen molar-refractivity contribution in [1.29, 1.82) is 0 Å². The number of allylic oxidation sites excluding steroid dienone is 3. The van der Waals surface area contributed by atoms with E-state index < -0.39 is 17.1 Å². The van der Waals surface area contributed by atoms with Gasteiger partial charge >= 0.3 is 137 Å². The van der Waals surface area contributed by atoms with Crippen LogP contribution in [0.5, 0.6) is 0 Å². The Bertz CT molecular complexity index is 699. The van der Waals surface area contributed by atoms with Gasteiger partial charge in [0.25, 0.3) is 0 Å². The molecule has 0 unspecified atom stereocenters. The van der Waals surface area contributed by atoms with E-state index in [1.54, 1.807) is 11.9 Å². The van der Waals surface area contributed by atoms with Gasteiger partial charge in [0.2, 0.25) is 0 Å². The monoisotopic (exact) mass is 350 g/mol. The maximum absolute atomic E-state index is 11.6. The van der Waals surface area contributed by atoms with Gasteiger partial charge in [0, 0.05) is 0 Å². The normalized spacial score (nSPS) is 20.6. The summed E-state index contributed by atoms with van der Waals surface area (Å²) in [5.41, 5.74) is 0. The molecule has 4 nitrogen and oxygen atoms in total. The molecule has 0 spiro atoms. The Morgan fingerprint density at radius 1 is 0.783 bits per heavy atom. The Morgan fingerprint density at radius 3 is 1.70 bits per heavy atom. The van der Waals surface area contributed by atoms with Crippen molar-refractivity contribution in [3.05, 3.63) is 84.7 Å². The van der Waals surface area contributed by atoms with Crippen molar-refractivity contribution < 1.29 is 28.3 Å². The van der Waals surface area contributed by atoms with Gasteiger partial charge in [0.15, 0.2) is 0 Å². The molecule has 0 saturated heterocycles. The zero-order valence-electron chi connectivity index (χ0n) is 12.2. The number of halogens is 1. The second-order valence-corrected chi connectivity index (χ2v) is 10.9. The van der Waals surface area contributed by atoms with Crippen molar-refractivity contribution in [2.24, 2.45) is 0 Å². The van der Waals surface area contributed by atoms with E-state index >= 15 is 0 Å². The number of benzene rings is 2. The summed E-state index contributed by atoms with van der Waals surface area (Å²) >= 11 is 0. The van der Waals surface area contributed by atoms with Crippen molar-refractivity contribution in [2.75, 3.05) is 6.16 Å². The molecule has 0 fully saturated rings. The average molecular weight is 351 g/mol. The van der Waals surface area contributed by atoms with Gasteiger partial charge in [-0.1, -0.05) is 0 Å². The molecule has 23 heavy (non-hydrogen) atoms. The third kappa shape index (κ3) is 2.86. The van der Waals surface area contributed by atoms with Crippen LogP contribution in [-0.4, -0.2) is 6.16 Å². The van der Waals surface area contributed by atoms with Crippen LogP contribution < -0.4 is 24.6 Å². The minimum atomic E-state index is -4.61. The van der Waals surface area contributed by atoms with Gasteiger partial charge in [-0.2, -0.15) is 0 Å². The first-order valence-corrected chi connectivity index (χ1v) is 10.7. The second-order valence-electron chi connectivity index (χ2n) is 5.36. The fourth-order valence-electron chi connectivity index (χ4n) is 3.01. The zero-order chi connectivity index (χ0) is 16.4. The molecule has 0 saturated carbocycles. The predicted octanol–water partition coefficient (Wildman–Crippen LogP) is 0.103. The van der Waals surface area contributed by atoms with E-state index in [4.69, 9.17) is 4.08 Å². The first-order chi connectivity index (χ1) is 11.0. The summed E-state index contributed by atoms with van der Waals surface area (Å²) in [7, 11) is -4.61. The Hall–Kier alpha value is -1.52. The number of hydrogen-bond donors (Lipinski definition) is 0. The molecule has 0 atom stereocenters. The van der Waals surface area contributed by atoms with E-state index in [0.29, 0.717) is 16.8 Å². The van der Waals surface area contributed by atoms with Crippen LogP contribution in [0.3, 0.4) is 0 Å². The van der Waals surface area contributed by atoms with Crippen LogP contribution in [0.15, 0.2) is 84.7 Å². The zero-order valence-corrected chi connectivity index (χ0v) is 13.9. The van der Waals surface area contributed by atoms with Gasteiger partial charge in [-0.05, 0) is 0 Å². The number of hydrogen-bond acceptors (Lipinski definition) is 4. The Kier molecular flexibility index (Phi) is 4.15. The van der Waals surface area contributed by atoms with Crippen LogP contribution in [0.1, 0.15) is 0 Å². The molecule has 0 aliphatic carbocycles. The fourth-order valence-corrected chi connectivity index (χ4v) is 9.44. The van der Waals surface area contributed by atoms with Crippen LogP contribution in [-0.2, 0) is 4.08 Å².